The zero-order chi connectivity index (χ0) is 17.9. The first-order valence-electron chi connectivity index (χ1n) is 8.80. The van der Waals surface area contributed by atoms with Gasteiger partial charge in [-0.15, -0.1) is 5.10 Å². The van der Waals surface area contributed by atoms with E-state index in [0.29, 0.717) is 10.1 Å². The lowest BCUT2D eigenvalue weighted by Crippen LogP contribution is -2.15. The maximum atomic E-state index is 12.1. The van der Waals surface area contributed by atoms with Crippen LogP contribution >= 0.6 is 11.3 Å². The minimum atomic E-state index is -0.120. The number of benzene rings is 1. The number of H-pyrrole nitrogens is 1. The van der Waals surface area contributed by atoms with Gasteiger partial charge in [-0.3, -0.25) is 4.79 Å². The van der Waals surface area contributed by atoms with E-state index in [1.807, 2.05) is 24.3 Å². The number of fused-ring (bicyclic) bond motifs is 2. The van der Waals surface area contributed by atoms with Crippen molar-refractivity contribution in [2.75, 3.05) is 11.9 Å². The number of para-hydroxylation sites is 2. The zero-order valence-electron chi connectivity index (χ0n) is 14.5. The number of anilines is 1. The summed E-state index contributed by atoms with van der Waals surface area (Å²) in [6, 6.07) is 9.60. The van der Waals surface area contributed by atoms with Crippen molar-refractivity contribution in [3.63, 3.8) is 0 Å². The van der Waals surface area contributed by atoms with Crippen molar-refractivity contribution in [1.29, 1.82) is 0 Å². The fourth-order valence-corrected chi connectivity index (χ4v) is 3.74. The molecule has 7 nitrogen and oxygen atoms in total. The maximum absolute atomic E-state index is 12.1. The minimum Gasteiger partial charge on any atom is -0.360 e. The molecule has 26 heavy (non-hydrogen) atoms. The number of imidazole rings is 1. The number of rotatable bonds is 7. The Kier molecular flexibility index (Phi) is 4.66. The third kappa shape index (κ3) is 3.45. The molecule has 0 saturated carbocycles. The van der Waals surface area contributed by atoms with E-state index >= 15 is 0 Å². The lowest BCUT2D eigenvalue weighted by Gasteiger charge is -1.99. The fourth-order valence-electron chi connectivity index (χ4n) is 2.89. The second kappa shape index (κ2) is 7.25. The van der Waals surface area contributed by atoms with E-state index in [4.69, 9.17) is 0 Å². The van der Waals surface area contributed by atoms with Gasteiger partial charge in [0.1, 0.15) is 5.82 Å². The summed E-state index contributed by atoms with van der Waals surface area (Å²) >= 11 is 1.41. The van der Waals surface area contributed by atoms with E-state index in [1.165, 1.54) is 15.9 Å². The summed E-state index contributed by atoms with van der Waals surface area (Å²) in [6.07, 6.45) is 3.54. The van der Waals surface area contributed by atoms with Gasteiger partial charge in [0.25, 0.3) is 5.56 Å². The first kappa shape index (κ1) is 16.7. The molecule has 0 saturated heterocycles. The molecule has 0 unspecified atom stereocenters. The van der Waals surface area contributed by atoms with Gasteiger partial charge in [0.05, 0.1) is 11.0 Å². The van der Waals surface area contributed by atoms with Crippen molar-refractivity contribution >= 4 is 32.5 Å². The largest absolute Gasteiger partial charge is 0.360 e. The Morgan fingerprint density at radius 2 is 2.12 bits per heavy atom. The molecule has 2 N–H and O–H groups in total. The molecular weight excluding hydrogens is 348 g/mol. The molecule has 134 valence electrons. The number of aromatic amines is 1. The number of aryl methyl sites for hydroxylation is 2. The van der Waals surface area contributed by atoms with Gasteiger partial charge in [0, 0.05) is 24.7 Å². The molecular formula is C18H20N6OS. The highest BCUT2D eigenvalue weighted by atomic mass is 32.1. The van der Waals surface area contributed by atoms with Crippen molar-refractivity contribution < 1.29 is 0 Å². The van der Waals surface area contributed by atoms with Gasteiger partial charge in [-0.2, -0.15) is 4.52 Å². The van der Waals surface area contributed by atoms with Crippen LogP contribution in [0.25, 0.3) is 16.0 Å². The predicted octanol–water partition coefficient (Wildman–Crippen LogP) is 3.02. The Hall–Kier alpha value is -2.74. The van der Waals surface area contributed by atoms with Gasteiger partial charge in [-0.25, -0.2) is 9.97 Å². The van der Waals surface area contributed by atoms with E-state index in [9.17, 15) is 4.79 Å². The van der Waals surface area contributed by atoms with Crippen LogP contribution in [0.3, 0.4) is 0 Å². The monoisotopic (exact) mass is 368 g/mol. The summed E-state index contributed by atoms with van der Waals surface area (Å²) in [4.78, 5) is 25.2. The van der Waals surface area contributed by atoms with Crippen molar-refractivity contribution in [3.8, 4) is 0 Å². The standard InChI is InChI=1S/C18H20N6OS/c1-2-6-12-11-16(25)24-18(20-12)26-17(23-24)19-10-5-9-15-21-13-7-3-4-8-14(13)22-15/h3-4,7-8,11H,2,5-6,9-10H2,1H3,(H,19,23)(H,21,22). The Bertz CT molecular complexity index is 1060. The third-order valence-electron chi connectivity index (χ3n) is 4.11. The fraction of sp³-hybridized carbons (Fsp3) is 0.333. The topological polar surface area (TPSA) is 88.0 Å². The molecule has 0 spiro atoms. The molecule has 0 amide bonds. The van der Waals surface area contributed by atoms with Gasteiger partial charge in [-0.1, -0.05) is 36.8 Å². The van der Waals surface area contributed by atoms with Gasteiger partial charge >= 0.3 is 0 Å². The van der Waals surface area contributed by atoms with Crippen molar-refractivity contribution in [3.05, 3.63) is 52.2 Å². The summed E-state index contributed by atoms with van der Waals surface area (Å²) < 4.78 is 1.37. The van der Waals surface area contributed by atoms with E-state index in [1.54, 1.807) is 6.07 Å². The lowest BCUT2D eigenvalue weighted by molar-refractivity contribution is 0.810. The van der Waals surface area contributed by atoms with Crippen LogP contribution in [-0.4, -0.2) is 31.1 Å². The molecule has 0 bridgehead atoms. The first-order valence-corrected chi connectivity index (χ1v) is 9.62. The molecule has 0 radical (unpaired) electrons. The van der Waals surface area contributed by atoms with E-state index < -0.39 is 0 Å². The Morgan fingerprint density at radius 3 is 2.96 bits per heavy atom. The Balaban J connectivity index is 1.38. The number of hydrogen-bond donors (Lipinski definition) is 2. The van der Waals surface area contributed by atoms with E-state index in [-0.39, 0.29) is 5.56 Å². The van der Waals surface area contributed by atoms with Crippen LogP contribution in [0, 0.1) is 0 Å². The maximum Gasteiger partial charge on any atom is 0.275 e. The zero-order valence-corrected chi connectivity index (χ0v) is 15.3. The summed E-state index contributed by atoms with van der Waals surface area (Å²) in [6.45, 7) is 2.83. The smallest absolute Gasteiger partial charge is 0.275 e. The van der Waals surface area contributed by atoms with Crippen molar-refractivity contribution in [2.24, 2.45) is 0 Å². The molecule has 0 aliphatic carbocycles. The molecule has 0 aliphatic rings. The summed E-state index contributed by atoms with van der Waals surface area (Å²) in [5.74, 6) is 0.986. The highest BCUT2D eigenvalue weighted by Gasteiger charge is 2.08. The number of nitrogens with one attached hydrogen (secondary N) is 2. The molecule has 0 fully saturated rings. The van der Waals surface area contributed by atoms with Crippen LogP contribution < -0.4 is 10.9 Å². The molecule has 4 aromatic rings. The van der Waals surface area contributed by atoms with E-state index in [0.717, 1.165) is 54.8 Å². The highest BCUT2D eigenvalue weighted by molar-refractivity contribution is 7.20. The van der Waals surface area contributed by atoms with E-state index in [2.05, 4.69) is 32.3 Å². The molecule has 0 aliphatic heterocycles. The predicted molar refractivity (Wildman–Crippen MR) is 104 cm³/mol. The van der Waals surface area contributed by atoms with Crippen LogP contribution in [-0.2, 0) is 12.8 Å². The summed E-state index contributed by atoms with van der Waals surface area (Å²) in [5, 5.41) is 8.32. The van der Waals surface area contributed by atoms with Crippen molar-refractivity contribution in [1.82, 2.24) is 24.6 Å². The van der Waals surface area contributed by atoms with Crippen LogP contribution in [0.1, 0.15) is 31.3 Å². The van der Waals surface area contributed by atoms with Gasteiger partial charge in [0.15, 0.2) is 0 Å². The Morgan fingerprint density at radius 1 is 1.23 bits per heavy atom. The molecule has 8 heteroatoms. The van der Waals surface area contributed by atoms with Crippen LogP contribution in [0.15, 0.2) is 35.1 Å². The molecule has 1 aromatic carbocycles. The highest BCUT2D eigenvalue weighted by Crippen LogP contribution is 2.17. The molecule has 0 atom stereocenters. The third-order valence-corrected chi connectivity index (χ3v) is 4.98. The quantitative estimate of drug-likeness (QED) is 0.490. The summed E-state index contributed by atoms with van der Waals surface area (Å²) in [7, 11) is 0. The SMILES string of the molecule is CCCc1cc(=O)n2nc(NCCCc3nc4ccccc4[nH]3)sc2n1. The minimum absolute atomic E-state index is 0.120. The normalized spacial score (nSPS) is 11.4. The van der Waals surface area contributed by atoms with Gasteiger partial charge in [0.2, 0.25) is 10.1 Å². The second-order valence-corrected chi connectivity index (χ2v) is 7.12. The van der Waals surface area contributed by atoms with Crippen LogP contribution in [0.5, 0.6) is 0 Å². The number of aromatic nitrogens is 5. The molecule has 3 aromatic heterocycles. The van der Waals surface area contributed by atoms with Crippen LogP contribution in [0.2, 0.25) is 0 Å². The van der Waals surface area contributed by atoms with Crippen LogP contribution in [0.4, 0.5) is 5.13 Å². The molecule has 4 rings (SSSR count). The van der Waals surface area contributed by atoms with Crippen molar-refractivity contribution in [2.45, 2.75) is 32.6 Å². The summed E-state index contributed by atoms with van der Waals surface area (Å²) in [5.41, 5.74) is 2.77. The average molecular weight is 368 g/mol. The first-order chi connectivity index (χ1) is 12.7. The van der Waals surface area contributed by atoms with Gasteiger partial charge in [-0.05, 0) is 25.0 Å². The Labute approximate surface area is 154 Å². The molecule has 3 heterocycles. The lowest BCUT2D eigenvalue weighted by atomic mass is 10.2. The average Bonchev–Trinajstić information content (AvgIpc) is 3.22. The number of hydrogen-bond acceptors (Lipinski definition) is 6. The van der Waals surface area contributed by atoms with Gasteiger partial charge < -0.3 is 10.3 Å². The second-order valence-electron chi connectivity index (χ2n) is 6.17. The number of nitrogens with zero attached hydrogens (tertiary/aromatic N) is 4.